The minimum absolute atomic E-state index is 0.0666. The molecular formula is C31H32N6O3S. The Kier molecular flexibility index (Phi) is 7.04. The molecule has 3 aliphatic rings. The van der Waals surface area contributed by atoms with E-state index in [4.69, 9.17) is 5.10 Å². The molecule has 2 heterocycles. The summed E-state index contributed by atoms with van der Waals surface area (Å²) in [5.41, 5.74) is 4.41. The Morgan fingerprint density at radius 1 is 0.951 bits per heavy atom. The number of benzene rings is 2. The Bertz CT molecular complexity index is 1630. The number of hydrogen-bond acceptors (Lipinski definition) is 7. The van der Waals surface area contributed by atoms with E-state index < -0.39 is 15.4 Å². The lowest BCUT2D eigenvalue weighted by molar-refractivity contribution is -0.127. The second-order valence-corrected chi connectivity index (χ2v) is 13.7. The van der Waals surface area contributed by atoms with Crippen LogP contribution in [0.3, 0.4) is 0 Å². The van der Waals surface area contributed by atoms with E-state index in [0.717, 1.165) is 53.9 Å². The summed E-state index contributed by atoms with van der Waals surface area (Å²) in [4.78, 5) is 15.6. The molecule has 0 bridgehead atoms. The van der Waals surface area contributed by atoms with Gasteiger partial charge in [0, 0.05) is 42.4 Å². The Hall–Kier alpha value is -4.15. The van der Waals surface area contributed by atoms with E-state index in [0.29, 0.717) is 31.5 Å². The van der Waals surface area contributed by atoms with Crippen LogP contribution in [0, 0.1) is 28.6 Å². The van der Waals surface area contributed by atoms with Crippen LogP contribution in [0.25, 0.3) is 16.8 Å². The number of nitrogens with one attached hydrogen (secondary N) is 1. The molecule has 9 nitrogen and oxygen atoms in total. The summed E-state index contributed by atoms with van der Waals surface area (Å²) < 4.78 is 25.6. The van der Waals surface area contributed by atoms with Gasteiger partial charge < -0.3 is 10.2 Å². The van der Waals surface area contributed by atoms with Crippen LogP contribution in [-0.4, -0.2) is 54.2 Å². The fraction of sp³-hybridized carbons (Fsp3) is 0.419. The van der Waals surface area contributed by atoms with Crippen molar-refractivity contribution in [2.45, 2.75) is 50.0 Å². The molecule has 2 aliphatic carbocycles. The highest BCUT2D eigenvalue weighted by Gasteiger charge is 2.47. The molecule has 1 aliphatic heterocycles. The highest BCUT2D eigenvalue weighted by Crippen LogP contribution is 2.43. The third-order valence-corrected chi connectivity index (χ3v) is 10.3. The maximum absolute atomic E-state index is 13.5. The number of amides is 1. The van der Waals surface area contributed by atoms with Crippen LogP contribution in [0.4, 0.5) is 5.69 Å². The third-order valence-electron chi connectivity index (χ3n) is 8.67. The van der Waals surface area contributed by atoms with Crippen molar-refractivity contribution < 1.29 is 13.2 Å². The first-order valence-electron chi connectivity index (χ1n) is 14.2. The average molecular weight is 569 g/mol. The molecular weight excluding hydrogens is 536 g/mol. The SMILES string of the molecule is N#Cc1ccc(-n2cc(-c3ccc(N4CCS(=O)(=O)CC4)cc3)c([C@@H]3CCCC[C@H]3C(=O)NC3(C#N)CC3)n2)cc1. The van der Waals surface area contributed by atoms with Crippen LogP contribution in [0.5, 0.6) is 0 Å². The van der Waals surface area contributed by atoms with E-state index in [1.807, 2.05) is 47.3 Å². The van der Waals surface area contributed by atoms with Crippen molar-refractivity contribution in [3.63, 3.8) is 0 Å². The molecule has 10 heteroatoms. The molecule has 1 saturated heterocycles. The van der Waals surface area contributed by atoms with Crippen molar-refractivity contribution in [3.05, 3.63) is 66.0 Å². The molecule has 0 unspecified atom stereocenters. The molecule has 0 spiro atoms. The van der Waals surface area contributed by atoms with Gasteiger partial charge >= 0.3 is 0 Å². The number of anilines is 1. The number of carbonyl (C=O) groups excluding carboxylic acids is 1. The van der Waals surface area contributed by atoms with Gasteiger partial charge in [0.15, 0.2) is 9.84 Å². The second kappa shape index (κ2) is 10.7. The molecule has 210 valence electrons. The summed E-state index contributed by atoms with van der Waals surface area (Å²) in [6.07, 6.45) is 6.91. The topological polar surface area (TPSA) is 132 Å². The highest BCUT2D eigenvalue weighted by atomic mass is 32.2. The van der Waals surface area contributed by atoms with Gasteiger partial charge in [-0.25, -0.2) is 13.1 Å². The molecule has 2 saturated carbocycles. The summed E-state index contributed by atoms with van der Waals surface area (Å²) in [5, 5.41) is 26.9. The zero-order chi connectivity index (χ0) is 28.6. The number of nitriles is 2. The molecule has 1 N–H and O–H groups in total. The van der Waals surface area contributed by atoms with Gasteiger partial charge in [-0.2, -0.15) is 15.6 Å². The number of nitrogens with zero attached hydrogens (tertiary/aromatic N) is 5. The van der Waals surface area contributed by atoms with E-state index in [1.54, 1.807) is 12.1 Å². The van der Waals surface area contributed by atoms with Gasteiger partial charge in [-0.05, 0) is 67.6 Å². The Balaban J connectivity index is 1.35. The summed E-state index contributed by atoms with van der Waals surface area (Å²) in [5.74, 6) is -0.113. The second-order valence-electron chi connectivity index (χ2n) is 11.4. The Labute approximate surface area is 240 Å². The lowest BCUT2D eigenvalue weighted by atomic mass is 9.75. The first kappa shape index (κ1) is 27.0. The molecule has 3 aromatic rings. The van der Waals surface area contributed by atoms with E-state index in [1.165, 1.54) is 0 Å². The number of carbonyl (C=O) groups is 1. The van der Waals surface area contributed by atoms with Gasteiger partial charge in [-0.15, -0.1) is 0 Å². The lowest BCUT2D eigenvalue weighted by Gasteiger charge is -2.31. The summed E-state index contributed by atoms with van der Waals surface area (Å²) >= 11 is 0. The van der Waals surface area contributed by atoms with E-state index in [2.05, 4.69) is 22.4 Å². The van der Waals surface area contributed by atoms with Crippen molar-refractivity contribution in [1.82, 2.24) is 15.1 Å². The van der Waals surface area contributed by atoms with Crippen molar-refractivity contribution in [2.24, 2.45) is 5.92 Å². The molecule has 2 atom stereocenters. The van der Waals surface area contributed by atoms with E-state index >= 15 is 0 Å². The fourth-order valence-corrected chi connectivity index (χ4v) is 7.22. The van der Waals surface area contributed by atoms with Crippen molar-refractivity contribution >= 4 is 21.4 Å². The highest BCUT2D eigenvalue weighted by molar-refractivity contribution is 7.91. The molecule has 41 heavy (non-hydrogen) atoms. The molecule has 6 rings (SSSR count). The maximum atomic E-state index is 13.5. The first-order chi connectivity index (χ1) is 19.8. The maximum Gasteiger partial charge on any atom is 0.225 e. The van der Waals surface area contributed by atoms with Crippen LogP contribution in [-0.2, 0) is 14.6 Å². The number of rotatable bonds is 6. The normalized spacial score (nSPS) is 22.7. The van der Waals surface area contributed by atoms with Crippen LogP contribution >= 0.6 is 0 Å². The molecule has 0 radical (unpaired) electrons. The smallest absolute Gasteiger partial charge is 0.225 e. The average Bonchev–Trinajstić information content (AvgIpc) is 3.63. The summed E-state index contributed by atoms with van der Waals surface area (Å²) in [6, 6.07) is 19.8. The summed E-state index contributed by atoms with van der Waals surface area (Å²) in [6.45, 7) is 0.958. The predicted molar refractivity (Wildman–Crippen MR) is 155 cm³/mol. The van der Waals surface area contributed by atoms with Crippen molar-refractivity contribution in [2.75, 3.05) is 29.5 Å². The Morgan fingerprint density at radius 2 is 1.61 bits per heavy atom. The van der Waals surface area contributed by atoms with Gasteiger partial charge in [-0.1, -0.05) is 25.0 Å². The van der Waals surface area contributed by atoms with Crippen molar-refractivity contribution in [3.8, 4) is 29.0 Å². The van der Waals surface area contributed by atoms with Gasteiger partial charge in [0.05, 0.1) is 40.6 Å². The fourth-order valence-electron chi connectivity index (χ4n) is 6.02. The van der Waals surface area contributed by atoms with Gasteiger partial charge in [0.25, 0.3) is 0 Å². The van der Waals surface area contributed by atoms with Crippen LogP contribution in [0.1, 0.15) is 55.7 Å². The lowest BCUT2D eigenvalue weighted by Crippen LogP contribution is -2.42. The molecule has 3 fully saturated rings. The van der Waals surface area contributed by atoms with Crippen molar-refractivity contribution in [1.29, 1.82) is 10.5 Å². The van der Waals surface area contributed by atoms with Crippen LogP contribution in [0.15, 0.2) is 54.7 Å². The van der Waals surface area contributed by atoms with Gasteiger partial charge in [0.1, 0.15) is 5.54 Å². The molecule has 1 aromatic heterocycles. The minimum Gasteiger partial charge on any atom is -0.369 e. The Morgan fingerprint density at radius 3 is 2.24 bits per heavy atom. The first-order valence-corrected chi connectivity index (χ1v) is 16.0. The quantitative estimate of drug-likeness (QED) is 0.474. The predicted octanol–water partition coefficient (Wildman–Crippen LogP) is 4.09. The summed E-state index contributed by atoms with van der Waals surface area (Å²) in [7, 11) is -2.96. The largest absolute Gasteiger partial charge is 0.369 e. The minimum atomic E-state index is -2.96. The zero-order valence-corrected chi connectivity index (χ0v) is 23.6. The van der Waals surface area contributed by atoms with Gasteiger partial charge in [0.2, 0.25) is 5.91 Å². The van der Waals surface area contributed by atoms with Crippen LogP contribution < -0.4 is 10.2 Å². The number of sulfone groups is 1. The molecule has 1 amide bonds. The zero-order valence-electron chi connectivity index (χ0n) is 22.8. The van der Waals surface area contributed by atoms with Gasteiger partial charge in [-0.3, -0.25) is 4.79 Å². The number of aromatic nitrogens is 2. The standard InChI is InChI=1S/C31H32N6O3S/c32-19-22-5-9-25(10-6-22)37-20-28(23-7-11-24(12-8-23)36-15-17-41(39,40)18-16-36)29(35-37)26-3-1-2-4-27(26)30(38)34-31(21-33)13-14-31/h5-12,20,26-27H,1-4,13-18H2,(H,34,38)/t26-,27-/m1/s1. The monoisotopic (exact) mass is 568 g/mol. The molecule has 2 aromatic carbocycles. The van der Waals surface area contributed by atoms with E-state index in [9.17, 15) is 23.7 Å². The van der Waals surface area contributed by atoms with E-state index in [-0.39, 0.29) is 29.2 Å². The van der Waals surface area contributed by atoms with Crippen LogP contribution in [0.2, 0.25) is 0 Å². The number of hydrogen-bond donors (Lipinski definition) is 1. The third kappa shape index (κ3) is 5.57.